The van der Waals surface area contributed by atoms with Gasteiger partial charge >= 0.3 is 5.97 Å². The molecule has 2 rings (SSSR count). The lowest BCUT2D eigenvalue weighted by molar-refractivity contribution is -0.136. The minimum atomic E-state index is -0.896. The Morgan fingerprint density at radius 1 is 1.20 bits per heavy atom. The van der Waals surface area contributed by atoms with E-state index in [9.17, 15) is 9.59 Å². The summed E-state index contributed by atoms with van der Waals surface area (Å²) < 4.78 is 0. The predicted octanol–water partition coefficient (Wildman–Crippen LogP) is 1.54. The van der Waals surface area contributed by atoms with Crippen LogP contribution in [0.3, 0.4) is 0 Å². The Bertz CT molecular complexity index is 638. The van der Waals surface area contributed by atoms with Gasteiger partial charge in [0, 0.05) is 18.1 Å². The number of nitrogens with two attached hydrogens (primary N) is 1. The van der Waals surface area contributed by atoms with Gasteiger partial charge in [-0.15, -0.1) is 0 Å². The van der Waals surface area contributed by atoms with Crippen LogP contribution in [0.5, 0.6) is 0 Å². The van der Waals surface area contributed by atoms with Crippen LogP contribution in [0.2, 0.25) is 0 Å². The molecule has 0 aliphatic heterocycles. The first-order valence-corrected chi connectivity index (χ1v) is 5.87. The van der Waals surface area contributed by atoms with E-state index in [1.54, 1.807) is 24.3 Å². The van der Waals surface area contributed by atoms with E-state index in [-0.39, 0.29) is 12.3 Å². The molecular formula is C14H13N3O3. The molecule has 0 unspecified atom stereocenters. The number of nitrogens with one attached hydrogen (secondary N) is 1. The van der Waals surface area contributed by atoms with Crippen LogP contribution in [-0.4, -0.2) is 22.0 Å². The van der Waals surface area contributed by atoms with E-state index in [1.807, 2.05) is 0 Å². The highest BCUT2D eigenvalue weighted by atomic mass is 16.4. The zero-order valence-electron chi connectivity index (χ0n) is 10.5. The minimum Gasteiger partial charge on any atom is -0.481 e. The minimum absolute atomic E-state index is 0.0482. The van der Waals surface area contributed by atoms with E-state index in [0.717, 1.165) is 0 Å². The number of nitrogens with zero attached hydrogens (tertiary/aromatic N) is 1. The van der Waals surface area contributed by atoms with Crippen molar-refractivity contribution >= 4 is 23.3 Å². The van der Waals surface area contributed by atoms with Gasteiger partial charge in [-0.2, -0.15) is 0 Å². The molecule has 20 heavy (non-hydrogen) atoms. The number of amides is 1. The van der Waals surface area contributed by atoms with Crippen LogP contribution >= 0.6 is 0 Å². The number of hydrogen-bond donors (Lipinski definition) is 3. The second-order valence-corrected chi connectivity index (χ2v) is 4.23. The summed E-state index contributed by atoms with van der Waals surface area (Å²) in [5.41, 5.74) is 7.57. The average Bonchev–Trinajstić information content (AvgIpc) is 2.40. The molecule has 102 valence electrons. The number of carbonyl (C=O) groups is 2. The largest absolute Gasteiger partial charge is 0.481 e. The average molecular weight is 271 g/mol. The van der Waals surface area contributed by atoms with Crippen molar-refractivity contribution in [2.75, 3.05) is 11.1 Å². The lowest BCUT2D eigenvalue weighted by Gasteiger charge is -2.06. The highest BCUT2D eigenvalue weighted by Gasteiger charge is 2.07. The highest BCUT2D eigenvalue weighted by molar-refractivity contribution is 6.04. The maximum Gasteiger partial charge on any atom is 0.307 e. The first-order valence-electron chi connectivity index (χ1n) is 5.87. The third-order valence-corrected chi connectivity index (χ3v) is 2.59. The molecule has 1 aromatic heterocycles. The molecule has 0 saturated carbocycles. The number of carbonyl (C=O) groups excluding carboxylic acids is 1. The molecule has 6 heteroatoms. The second-order valence-electron chi connectivity index (χ2n) is 4.23. The molecule has 0 bridgehead atoms. The summed E-state index contributed by atoms with van der Waals surface area (Å²) in [6.45, 7) is 0. The van der Waals surface area contributed by atoms with Gasteiger partial charge in [0.05, 0.1) is 17.7 Å². The van der Waals surface area contributed by atoms with Gasteiger partial charge in [-0.3, -0.25) is 14.6 Å². The third-order valence-electron chi connectivity index (χ3n) is 2.59. The van der Waals surface area contributed by atoms with Crippen LogP contribution < -0.4 is 11.1 Å². The van der Waals surface area contributed by atoms with Gasteiger partial charge in [-0.05, 0) is 23.8 Å². The van der Waals surface area contributed by atoms with Crippen molar-refractivity contribution in [3.8, 4) is 0 Å². The Morgan fingerprint density at radius 2 is 1.90 bits per heavy atom. The van der Waals surface area contributed by atoms with Crippen LogP contribution in [-0.2, 0) is 11.2 Å². The van der Waals surface area contributed by atoms with Crippen molar-refractivity contribution in [2.45, 2.75) is 6.42 Å². The molecule has 0 radical (unpaired) electrons. The van der Waals surface area contributed by atoms with Gasteiger partial charge in [-0.1, -0.05) is 12.1 Å². The predicted molar refractivity (Wildman–Crippen MR) is 74.4 cm³/mol. The zero-order valence-corrected chi connectivity index (χ0v) is 10.5. The van der Waals surface area contributed by atoms with Gasteiger partial charge in [-0.25, -0.2) is 0 Å². The summed E-state index contributed by atoms with van der Waals surface area (Å²) in [6, 6.07) is 8.13. The SMILES string of the molecule is Nc1cncc(C(=O)Nc2ccc(CC(=O)O)cc2)c1. The summed E-state index contributed by atoms with van der Waals surface area (Å²) >= 11 is 0. The van der Waals surface area contributed by atoms with E-state index in [1.165, 1.54) is 18.5 Å². The molecular weight excluding hydrogens is 258 g/mol. The van der Waals surface area contributed by atoms with Gasteiger partial charge < -0.3 is 16.2 Å². The normalized spacial score (nSPS) is 10.0. The monoisotopic (exact) mass is 271 g/mol. The standard InChI is InChI=1S/C14H13N3O3/c15-11-6-10(7-16-8-11)14(20)17-12-3-1-9(2-4-12)5-13(18)19/h1-4,6-8H,5,15H2,(H,17,20)(H,18,19). The number of aliphatic carboxylic acids is 1. The van der Waals surface area contributed by atoms with E-state index in [2.05, 4.69) is 10.3 Å². The molecule has 0 aliphatic rings. The summed E-state index contributed by atoms with van der Waals surface area (Å²) in [5.74, 6) is -1.22. The maximum absolute atomic E-state index is 11.9. The molecule has 1 heterocycles. The molecule has 1 aromatic carbocycles. The zero-order chi connectivity index (χ0) is 14.5. The molecule has 6 nitrogen and oxygen atoms in total. The smallest absolute Gasteiger partial charge is 0.307 e. The van der Waals surface area contributed by atoms with Crippen molar-refractivity contribution in [1.82, 2.24) is 4.98 Å². The van der Waals surface area contributed by atoms with Gasteiger partial charge in [0.2, 0.25) is 0 Å². The fourth-order valence-electron chi connectivity index (χ4n) is 1.67. The van der Waals surface area contributed by atoms with Crippen LogP contribution in [0, 0.1) is 0 Å². The van der Waals surface area contributed by atoms with Crippen LogP contribution in [0.1, 0.15) is 15.9 Å². The lowest BCUT2D eigenvalue weighted by Crippen LogP contribution is -2.12. The maximum atomic E-state index is 11.9. The fourth-order valence-corrected chi connectivity index (χ4v) is 1.67. The van der Waals surface area contributed by atoms with Gasteiger partial charge in [0.1, 0.15) is 0 Å². The van der Waals surface area contributed by atoms with Crippen molar-refractivity contribution in [3.63, 3.8) is 0 Å². The van der Waals surface area contributed by atoms with Crippen molar-refractivity contribution < 1.29 is 14.7 Å². The molecule has 0 atom stereocenters. The number of anilines is 2. The first-order chi connectivity index (χ1) is 9.54. The number of nitrogen functional groups attached to an aromatic ring is 1. The lowest BCUT2D eigenvalue weighted by atomic mass is 10.1. The van der Waals surface area contributed by atoms with Gasteiger partial charge in [0.15, 0.2) is 0 Å². The molecule has 0 saturated heterocycles. The molecule has 0 aliphatic carbocycles. The number of carboxylic acid groups (broad SMARTS) is 1. The third kappa shape index (κ3) is 3.55. The number of benzene rings is 1. The number of rotatable bonds is 4. The number of hydrogen-bond acceptors (Lipinski definition) is 4. The van der Waals surface area contributed by atoms with Crippen LogP contribution in [0.15, 0.2) is 42.7 Å². The van der Waals surface area contributed by atoms with Crippen LogP contribution in [0.25, 0.3) is 0 Å². The fraction of sp³-hybridized carbons (Fsp3) is 0.0714. The number of pyridine rings is 1. The summed E-state index contributed by atoms with van der Waals surface area (Å²) in [5, 5.41) is 11.4. The molecule has 4 N–H and O–H groups in total. The van der Waals surface area contributed by atoms with E-state index in [4.69, 9.17) is 10.8 Å². The van der Waals surface area contributed by atoms with Crippen molar-refractivity contribution in [2.24, 2.45) is 0 Å². The molecule has 1 amide bonds. The Hall–Kier alpha value is -2.89. The highest BCUT2D eigenvalue weighted by Crippen LogP contribution is 2.12. The molecule has 0 fully saturated rings. The Morgan fingerprint density at radius 3 is 2.50 bits per heavy atom. The summed E-state index contributed by atoms with van der Waals surface area (Å²) in [7, 11) is 0. The van der Waals surface area contributed by atoms with Gasteiger partial charge in [0.25, 0.3) is 5.91 Å². The Labute approximate surface area is 115 Å². The van der Waals surface area contributed by atoms with Crippen molar-refractivity contribution in [1.29, 1.82) is 0 Å². The van der Waals surface area contributed by atoms with E-state index >= 15 is 0 Å². The quantitative estimate of drug-likeness (QED) is 0.782. The molecule has 0 spiro atoms. The molecule has 2 aromatic rings. The first kappa shape index (κ1) is 13.5. The van der Waals surface area contributed by atoms with Crippen LogP contribution in [0.4, 0.5) is 11.4 Å². The number of aromatic nitrogens is 1. The summed E-state index contributed by atoms with van der Waals surface area (Å²) in [4.78, 5) is 26.3. The van der Waals surface area contributed by atoms with E-state index in [0.29, 0.717) is 22.5 Å². The second kappa shape index (κ2) is 5.83. The topological polar surface area (TPSA) is 105 Å². The van der Waals surface area contributed by atoms with E-state index < -0.39 is 5.97 Å². The number of carboxylic acids is 1. The summed E-state index contributed by atoms with van der Waals surface area (Å²) in [6.07, 6.45) is 2.83. The van der Waals surface area contributed by atoms with Crippen molar-refractivity contribution in [3.05, 3.63) is 53.9 Å². The Kier molecular flexibility index (Phi) is 3.95. The Balaban J connectivity index is 2.06.